The van der Waals surface area contributed by atoms with E-state index in [4.69, 9.17) is 89.9 Å². The predicted molar refractivity (Wildman–Crippen MR) is 473 cm³/mol. The summed E-state index contributed by atoms with van der Waals surface area (Å²) in [6.45, 7) is 35.7. The lowest BCUT2D eigenvalue weighted by atomic mass is 9.90. The fourth-order valence-corrected chi connectivity index (χ4v) is 16.8. The van der Waals surface area contributed by atoms with Crippen LogP contribution in [0.25, 0.3) is 20.9 Å². The van der Waals surface area contributed by atoms with Crippen LogP contribution in [0.2, 0.25) is 0 Å². The smallest absolute Gasteiger partial charge is 0.333 e. The number of hydrogen-bond acceptors (Lipinski definition) is 35. The Morgan fingerprint density at radius 3 is 1.12 bits per heavy atom. The molecule has 0 bridgehead atoms. The average molecular weight is 1900 g/mol. The maximum absolute atomic E-state index is 12.0. The Morgan fingerprint density at radius 2 is 0.721 bits per heavy atom. The molecule has 39 nitrogen and oxygen atoms in total. The maximum atomic E-state index is 12.0. The number of carbonyl (C=O) groups is 6. The molecule has 0 aromatic heterocycles. The van der Waals surface area contributed by atoms with Crippen LogP contribution >= 0.6 is 0 Å². The van der Waals surface area contributed by atoms with E-state index in [1.54, 1.807) is 52.8 Å². The van der Waals surface area contributed by atoms with Gasteiger partial charge in [-0.15, -0.1) is 0 Å². The summed E-state index contributed by atoms with van der Waals surface area (Å²) < 4.78 is 161. The quantitative estimate of drug-likeness (QED) is 0.00839. The minimum Gasteiger partial charge on any atom is -0.463 e. The Morgan fingerprint density at radius 1 is 0.395 bits per heavy atom. The van der Waals surface area contributed by atoms with Gasteiger partial charge in [-0.2, -0.15) is 25.3 Å². The van der Waals surface area contributed by atoms with E-state index in [0.717, 1.165) is 83.0 Å². The third-order valence-corrected chi connectivity index (χ3v) is 23.6. The van der Waals surface area contributed by atoms with Crippen molar-refractivity contribution in [1.82, 2.24) is 0 Å². The van der Waals surface area contributed by atoms with Crippen LogP contribution < -0.4 is 0 Å². The van der Waals surface area contributed by atoms with Crippen LogP contribution in [0.1, 0.15) is 240 Å². The number of hydrogen-bond donors (Lipinski definition) is 4. The van der Waals surface area contributed by atoms with Crippen molar-refractivity contribution < 1.29 is 153 Å². The van der Waals surface area contributed by atoms with Gasteiger partial charge in [-0.05, 0) is 173 Å². The molecule has 4 N–H and O–H groups in total. The van der Waals surface area contributed by atoms with Gasteiger partial charge in [-0.1, -0.05) is 93.3 Å². The number of aliphatic hydroxyl groups excluding tert-OH is 4. The summed E-state index contributed by atoms with van der Waals surface area (Å²) in [6, 6.07) is -1.45. The zero-order chi connectivity index (χ0) is 97.3. The molecular weight excluding hydrogens is 1750 g/mol. The summed E-state index contributed by atoms with van der Waals surface area (Å²) in [5.74, 6) is -3.56. The molecule has 42 heteroatoms. The molecule has 2 aliphatic heterocycles. The average Bonchev–Trinajstić information content (AvgIpc) is 1.62. The van der Waals surface area contributed by atoms with E-state index in [9.17, 15) is 74.4 Å². The first-order chi connectivity index (χ1) is 61.0. The van der Waals surface area contributed by atoms with Gasteiger partial charge in [0.25, 0.3) is 30.4 Å². The molecule has 0 aromatic carbocycles. The third-order valence-electron chi connectivity index (χ3n) is 21.8. The van der Waals surface area contributed by atoms with Crippen LogP contribution in [0.4, 0.5) is 0 Å². The van der Waals surface area contributed by atoms with Gasteiger partial charge in [-0.3, -0.25) is 12.5 Å². The zero-order valence-electron chi connectivity index (χ0n) is 78.7. The first-order valence-electron chi connectivity index (χ1n) is 45.0. The standard InChI is InChI=1S/C15H24O7S.2C15H26O7S.2C14H23N3O4.C14H22O4/c1-5-15(6-2)20-11-8-10(14(16)19-7-3)9-12(13(11)21-15)22-23(4,17)18;1-5-11(6-2)21-12-8-10(15(17)20-7-3)9-13(14(12)16)22-23(4,18)19;1-5-11(6-2)21-14-12(16)8-10(15(17)20-7-3)9-13(14)22-23(4,18)19;1-4-10(5-2)21-12-8-9(14(19)20-6-3)7-11(18)13(12)16-17-15;1-4-10(5-2)21-12-8-9(14(19)20-6-3)7-11(13(12)18)16-17-15;1-4-10(5-2)17-11-7-9(14(15)16-6-3)8-12-13(11)18-12/h8,11-13H,5-7,9H2,1-4H3;2*8,11-14,16H,5-7,9H2,1-4H3;2*8,10-13,18H,4-7H2,1-3H3;7,10-13H,4-6,8H2,1-3H3/t11-,12-,13-;2*12-,13-,14-;11-,12+,13+;11-,12-,13+;11-,12+,13-/m111011/s1. The largest absolute Gasteiger partial charge is 0.463 e. The van der Waals surface area contributed by atoms with E-state index in [1.807, 2.05) is 82.2 Å². The van der Waals surface area contributed by atoms with Crippen LogP contribution in [0, 0.1) is 0 Å². The molecule has 8 rings (SSSR count). The number of carbonyl (C=O) groups excluding carboxylic acids is 6. The van der Waals surface area contributed by atoms with Gasteiger partial charge >= 0.3 is 35.8 Å². The third kappa shape index (κ3) is 38.9. The molecule has 8 aliphatic rings. The van der Waals surface area contributed by atoms with Crippen molar-refractivity contribution in [3.8, 4) is 0 Å². The van der Waals surface area contributed by atoms with Crippen LogP contribution in [0.15, 0.2) is 80.1 Å². The normalized spacial score (nSPS) is 26.7. The molecule has 6 aliphatic carbocycles. The maximum Gasteiger partial charge on any atom is 0.333 e. The zero-order valence-corrected chi connectivity index (χ0v) is 81.2. The molecule has 0 aromatic rings. The Labute approximate surface area is 761 Å². The van der Waals surface area contributed by atoms with E-state index in [-0.39, 0.29) is 131 Å². The first-order valence-corrected chi connectivity index (χ1v) is 50.4. The number of rotatable bonds is 42. The number of esters is 6. The van der Waals surface area contributed by atoms with Crippen molar-refractivity contribution in [2.75, 3.05) is 58.4 Å². The molecule has 18 atom stereocenters. The Hall–Kier alpha value is -6.87. The summed E-state index contributed by atoms with van der Waals surface area (Å²) in [5.41, 5.74) is 19.5. The first kappa shape index (κ1) is 116. The minimum absolute atomic E-state index is 0.00772. The van der Waals surface area contributed by atoms with E-state index < -0.39 is 157 Å². The summed E-state index contributed by atoms with van der Waals surface area (Å²) in [7, 11) is -11.2. The van der Waals surface area contributed by atoms with E-state index >= 15 is 0 Å². The molecule has 0 amide bonds. The van der Waals surface area contributed by atoms with Gasteiger partial charge in [0.15, 0.2) is 5.79 Å². The van der Waals surface area contributed by atoms with Gasteiger partial charge in [0.2, 0.25) is 0 Å². The number of nitrogens with zero attached hydrogens (tertiary/aromatic N) is 6. The van der Waals surface area contributed by atoms with Crippen molar-refractivity contribution in [2.24, 2.45) is 10.2 Å². The van der Waals surface area contributed by atoms with E-state index in [1.165, 1.54) is 12.2 Å². The second kappa shape index (κ2) is 58.3. The topological polar surface area (TPSA) is 543 Å². The van der Waals surface area contributed by atoms with E-state index in [2.05, 4.69) is 33.9 Å². The predicted octanol–water partition coefficient (Wildman–Crippen LogP) is 11.1. The second-order valence-corrected chi connectivity index (χ2v) is 36.1. The Kier molecular flexibility index (Phi) is 52.6. The van der Waals surface area contributed by atoms with E-state index in [0.29, 0.717) is 48.2 Å². The number of epoxide rings is 1. The highest BCUT2D eigenvalue weighted by molar-refractivity contribution is 7.86. The second-order valence-electron chi connectivity index (χ2n) is 31.3. The Balaban J connectivity index is 0.000000400. The number of ether oxygens (including phenoxy) is 14. The highest BCUT2D eigenvalue weighted by atomic mass is 32.2. The summed E-state index contributed by atoms with van der Waals surface area (Å²) in [5, 5.41) is 48.2. The summed E-state index contributed by atoms with van der Waals surface area (Å²) in [6.07, 6.45) is 11.7. The minimum atomic E-state index is -3.78. The fourth-order valence-electron chi connectivity index (χ4n) is 14.9. The van der Waals surface area contributed by atoms with Gasteiger partial charge in [0.05, 0.1) is 125 Å². The van der Waals surface area contributed by atoms with Crippen LogP contribution in [0.5, 0.6) is 0 Å². The number of fused-ring (bicyclic) bond motifs is 2. The molecule has 0 spiro atoms. The highest BCUT2D eigenvalue weighted by Gasteiger charge is 2.53. The number of aliphatic hydroxyl groups is 4. The Bertz CT molecular complexity index is 4100. The molecule has 738 valence electrons. The molecule has 2 fully saturated rings. The van der Waals surface area contributed by atoms with Crippen LogP contribution in [-0.2, 0) is 138 Å². The molecule has 129 heavy (non-hydrogen) atoms. The monoisotopic (exact) mass is 1900 g/mol. The summed E-state index contributed by atoms with van der Waals surface area (Å²) in [4.78, 5) is 76.7. The number of azide groups is 2. The van der Waals surface area contributed by atoms with Crippen molar-refractivity contribution in [1.29, 1.82) is 0 Å². The van der Waals surface area contributed by atoms with Crippen molar-refractivity contribution in [2.45, 2.75) is 386 Å². The molecule has 0 unspecified atom stereocenters. The molecule has 0 saturated carbocycles. The van der Waals surface area contributed by atoms with Gasteiger partial charge in [-0.25, -0.2) is 28.8 Å². The lowest BCUT2D eigenvalue weighted by molar-refractivity contribution is -0.182. The van der Waals surface area contributed by atoms with Gasteiger partial charge in [0, 0.05) is 75.4 Å². The highest BCUT2D eigenvalue weighted by Crippen LogP contribution is 2.43. The van der Waals surface area contributed by atoms with Gasteiger partial charge in [0.1, 0.15) is 73.2 Å². The van der Waals surface area contributed by atoms with Crippen molar-refractivity contribution in [3.05, 3.63) is 90.8 Å². The summed E-state index contributed by atoms with van der Waals surface area (Å²) >= 11 is 0. The van der Waals surface area contributed by atoms with Gasteiger partial charge < -0.3 is 86.7 Å². The molecule has 2 heterocycles. The molecule has 0 radical (unpaired) electrons. The lowest BCUT2D eigenvalue weighted by Crippen LogP contribution is -2.47. The van der Waals surface area contributed by atoms with Crippen LogP contribution in [0.3, 0.4) is 0 Å². The van der Waals surface area contributed by atoms with Crippen LogP contribution in [-0.4, -0.2) is 286 Å². The molecule has 2 saturated heterocycles. The van der Waals surface area contributed by atoms with Crippen molar-refractivity contribution in [3.63, 3.8) is 0 Å². The SMILES string of the molecule is CCOC(=O)C1=C[C@@H](O)[C@@H](OC(CC)CC)[C@H](OS(C)(=O)=O)C1.CCOC(=O)C1=C[C@@H](OC(CC)CC)[C@@H](O)[C@H](N=[N+]=[N-])C1.CCOC(=O)C1=C[C@@H](OC(CC)CC)[C@@H](O)[C@H](OS(C)(=O)=O)C1.CCOC(=O)C1=C[C@@H](OC(CC)CC)[C@H](N=[N+]=[N-])[C@@H](O)C1.CCOC(=O)C1=C[C@@H](OC(CC)CC)[C@H]2O[C@H]2C1.CCOC(=O)C1=C[C@H]2OC(CC)(CC)O[C@H]2[C@H](OS(C)(=O)=O)C1. The van der Waals surface area contributed by atoms with Crippen molar-refractivity contribution >= 4 is 66.2 Å². The molecular formula is C87H144N6O33S3. The fraction of sp³-hybridized carbons (Fsp3) is 0.793. The lowest BCUT2D eigenvalue weighted by Gasteiger charge is -2.35.